The molecule has 1 aromatic rings. The van der Waals surface area contributed by atoms with Crippen LogP contribution in [-0.2, 0) is 10.8 Å². The first-order valence-corrected chi connectivity index (χ1v) is 10.8. The summed E-state index contributed by atoms with van der Waals surface area (Å²) in [5.74, 6) is 0.323. The van der Waals surface area contributed by atoms with Gasteiger partial charge in [0.15, 0.2) is 0 Å². The monoisotopic (exact) mass is 413 g/mol. The fraction of sp³-hybridized carbons (Fsp3) is 0.579. The first-order valence-electron chi connectivity index (χ1n) is 9.15. The Hall–Kier alpha value is -1.60. The van der Waals surface area contributed by atoms with Crippen LogP contribution in [0, 0.1) is 0 Å². The summed E-state index contributed by atoms with van der Waals surface area (Å²) >= 11 is 6.13. The quantitative estimate of drug-likeness (QED) is 0.825. The van der Waals surface area contributed by atoms with Gasteiger partial charge in [-0.3, -0.25) is 9.00 Å². The molecule has 0 aromatic heterocycles. The molecule has 0 spiro atoms. The molecule has 1 aliphatic rings. The molecule has 0 aliphatic carbocycles. The normalized spacial score (nSPS) is 16.6. The summed E-state index contributed by atoms with van der Waals surface area (Å²) in [6.45, 7) is 8.23. The van der Waals surface area contributed by atoms with Gasteiger partial charge < -0.3 is 15.1 Å². The van der Waals surface area contributed by atoms with Crippen LogP contribution in [0.1, 0.15) is 37.6 Å². The number of nitrogens with zero attached hydrogens (tertiary/aromatic N) is 2. The molecule has 27 heavy (non-hydrogen) atoms. The van der Waals surface area contributed by atoms with Gasteiger partial charge in [0.1, 0.15) is 0 Å². The first kappa shape index (κ1) is 21.7. The van der Waals surface area contributed by atoms with Gasteiger partial charge in [0.05, 0.1) is 10.6 Å². The Morgan fingerprint density at radius 1 is 1.11 bits per heavy atom. The largest absolute Gasteiger partial charge is 0.337 e. The minimum Gasteiger partial charge on any atom is -0.337 e. The zero-order chi connectivity index (χ0) is 20.0. The lowest BCUT2D eigenvalue weighted by Crippen LogP contribution is -2.44. The molecule has 1 unspecified atom stereocenters. The van der Waals surface area contributed by atoms with E-state index in [1.165, 1.54) is 0 Å². The number of hydrogen-bond acceptors (Lipinski definition) is 3. The maximum absolute atomic E-state index is 12.7. The smallest absolute Gasteiger partial charge is 0.317 e. The minimum absolute atomic E-state index is 0.108. The molecule has 1 saturated heterocycles. The molecule has 3 amide bonds. The highest BCUT2D eigenvalue weighted by Crippen LogP contribution is 2.18. The topological polar surface area (TPSA) is 69.7 Å². The number of halogens is 1. The van der Waals surface area contributed by atoms with Gasteiger partial charge in [0.2, 0.25) is 0 Å². The molecule has 0 bridgehead atoms. The van der Waals surface area contributed by atoms with Crippen LogP contribution >= 0.6 is 11.6 Å². The van der Waals surface area contributed by atoms with Crippen molar-refractivity contribution in [2.75, 3.05) is 38.5 Å². The molecule has 0 radical (unpaired) electrons. The number of hydrogen-bond donors (Lipinski definition) is 1. The third kappa shape index (κ3) is 6.21. The molecule has 6 nitrogen and oxygen atoms in total. The Morgan fingerprint density at radius 3 is 2.41 bits per heavy atom. The van der Waals surface area contributed by atoms with E-state index in [0.29, 0.717) is 55.5 Å². The van der Waals surface area contributed by atoms with Crippen LogP contribution in [0.2, 0.25) is 5.02 Å². The van der Waals surface area contributed by atoms with E-state index in [1.54, 1.807) is 34.1 Å². The van der Waals surface area contributed by atoms with E-state index in [1.807, 2.05) is 20.8 Å². The van der Waals surface area contributed by atoms with Gasteiger partial charge in [-0.05, 0) is 39.3 Å². The average molecular weight is 414 g/mol. The van der Waals surface area contributed by atoms with Crippen LogP contribution in [-0.4, -0.2) is 69.2 Å². The summed E-state index contributed by atoms with van der Waals surface area (Å²) in [6, 6.07) is 6.83. The van der Waals surface area contributed by atoms with E-state index < -0.39 is 10.8 Å². The van der Waals surface area contributed by atoms with Crippen molar-refractivity contribution in [3.05, 3.63) is 34.9 Å². The third-order valence-corrected chi connectivity index (χ3v) is 6.69. The van der Waals surface area contributed by atoms with Crippen molar-refractivity contribution in [1.82, 2.24) is 15.1 Å². The fourth-order valence-corrected chi connectivity index (χ4v) is 3.91. The molecule has 1 N–H and O–H groups in total. The zero-order valence-corrected chi connectivity index (χ0v) is 17.7. The van der Waals surface area contributed by atoms with E-state index in [2.05, 4.69) is 5.32 Å². The molecule has 1 fully saturated rings. The van der Waals surface area contributed by atoms with E-state index in [0.717, 1.165) is 0 Å². The SMILES string of the molecule is CC(C)(C)S(=O)CCNC(=O)N1CCCN(C(=O)c2ccccc2Cl)CC1. The third-order valence-electron chi connectivity index (χ3n) is 4.42. The van der Waals surface area contributed by atoms with Crippen molar-refractivity contribution >= 4 is 34.3 Å². The van der Waals surface area contributed by atoms with E-state index in [4.69, 9.17) is 11.6 Å². The highest BCUT2D eigenvalue weighted by molar-refractivity contribution is 7.86. The van der Waals surface area contributed by atoms with Gasteiger partial charge in [-0.15, -0.1) is 0 Å². The van der Waals surface area contributed by atoms with Crippen LogP contribution in [0.3, 0.4) is 0 Å². The summed E-state index contributed by atoms with van der Waals surface area (Å²) in [5.41, 5.74) is 0.488. The Morgan fingerprint density at radius 2 is 1.74 bits per heavy atom. The Bertz CT molecular complexity index is 706. The molecular weight excluding hydrogens is 386 g/mol. The molecule has 1 aromatic carbocycles. The van der Waals surface area contributed by atoms with Crippen LogP contribution in [0.25, 0.3) is 0 Å². The van der Waals surface area contributed by atoms with Crippen molar-refractivity contribution in [2.45, 2.75) is 31.9 Å². The van der Waals surface area contributed by atoms with Gasteiger partial charge in [-0.1, -0.05) is 23.7 Å². The van der Waals surface area contributed by atoms with E-state index >= 15 is 0 Å². The molecule has 1 atom stereocenters. The standard InChI is InChI=1S/C19H28ClN3O3S/c1-19(2,3)27(26)14-9-21-18(25)23-11-6-10-22(12-13-23)17(24)15-7-4-5-8-16(15)20/h4-5,7-8H,6,9-14H2,1-3H3,(H,21,25). The Labute approximate surface area is 168 Å². The van der Waals surface area contributed by atoms with Gasteiger partial charge in [-0.25, -0.2) is 4.79 Å². The molecule has 1 heterocycles. The Kier molecular flexibility index (Phi) is 7.68. The highest BCUT2D eigenvalue weighted by atomic mass is 35.5. The molecule has 0 saturated carbocycles. The molecule has 8 heteroatoms. The molecule has 150 valence electrons. The molecule has 1 aliphatic heterocycles. The summed E-state index contributed by atoms with van der Waals surface area (Å²) < 4.78 is 11.8. The number of urea groups is 1. The van der Waals surface area contributed by atoms with Crippen LogP contribution in [0.4, 0.5) is 4.79 Å². The number of carbonyl (C=O) groups is 2. The summed E-state index contributed by atoms with van der Waals surface area (Å²) in [6.07, 6.45) is 0.706. The zero-order valence-electron chi connectivity index (χ0n) is 16.2. The second-order valence-corrected chi connectivity index (χ2v) is 10.2. The predicted octanol–water partition coefficient (Wildman–Crippen LogP) is 2.74. The van der Waals surface area contributed by atoms with E-state index in [-0.39, 0.29) is 16.7 Å². The second kappa shape index (κ2) is 9.55. The van der Waals surface area contributed by atoms with Crippen LogP contribution in [0.5, 0.6) is 0 Å². The first-order chi connectivity index (χ1) is 12.7. The van der Waals surface area contributed by atoms with Crippen molar-refractivity contribution in [3.63, 3.8) is 0 Å². The van der Waals surface area contributed by atoms with Gasteiger partial charge >= 0.3 is 6.03 Å². The molecular formula is C19H28ClN3O3S. The minimum atomic E-state index is -0.996. The Balaban J connectivity index is 1.85. The number of amides is 3. The summed E-state index contributed by atoms with van der Waals surface area (Å²) in [4.78, 5) is 28.5. The number of nitrogens with one attached hydrogen (secondary N) is 1. The van der Waals surface area contributed by atoms with Gasteiger partial charge in [0.25, 0.3) is 5.91 Å². The summed E-state index contributed by atoms with van der Waals surface area (Å²) in [5, 5.41) is 3.28. The summed E-state index contributed by atoms with van der Waals surface area (Å²) in [7, 11) is -0.996. The van der Waals surface area contributed by atoms with E-state index in [9.17, 15) is 13.8 Å². The predicted molar refractivity (Wildman–Crippen MR) is 110 cm³/mol. The number of carbonyl (C=O) groups excluding carboxylic acids is 2. The fourth-order valence-electron chi connectivity index (χ4n) is 2.80. The van der Waals surface area contributed by atoms with Crippen molar-refractivity contribution in [3.8, 4) is 0 Å². The number of benzene rings is 1. The molecule has 2 rings (SSSR count). The van der Waals surface area contributed by atoms with Crippen molar-refractivity contribution in [1.29, 1.82) is 0 Å². The lowest BCUT2D eigenvalue weighted by Gasteiger charge is -2.23. The highest BCUT2D eigenvalue weighted by Gasteiger charge is 2.24. The van der Waals surface area contributed by atoms with Crippen molar-refractivity contribution < 1.29 is 13.8 Å². The number of rotatable bonds is 4. The second-order valence-electron chi connectivity index (χ2n) is 7.51. The van der Waals surface area contributed by atoms with Gasteiger partial charge in [0, 0.05) is 54.0 Å². The lowest BCUT2D eigenvalue weighted by atomic mass is 10.2. The average Bonchev–Trinajstić information content (AvgIpc) is 2.86. The lowest BCUT2D eigenvalue weighted by molar-refractivity contribution is 0.0762. The maximum atomic E-state index is 12.7. The maximum Gasteiger partial charge on any atom is 0.317 e. The van der Waals surface area contributed by atoms with Gasteiger partial charge in [-0.2, -0.15) is 0 Å². The van der Waals surface area contributed by atoms with Crippen LogP contribution in [0.15, 0.2) is 24.3 Å². The van der Waals surface area contributed by atoms with Crippen molar-refractivity contribution in [2.24, 2.45) is 0 Å². The van der Waals surface area contributed by atoms with Crippen LogP contribution < -0.4 is 5.32 Å².